The highest BCUT2D eigenvalue weighted by atomic mass is 35.5. The summed E-state index contributed by atoms with van der Waals surface area (Å²) in [6, 6.07) is 6.68. The molecule has 12 heteroatoms. The number of nitrogens with zero attached hydrogens (tertiary/aromatic N) is 1. The molecule has 1 heterocycles. The fourth-order valence-corrected chi connectivity index (χ4v) is 5.26. The lowest BCUT2D eigenvalue weighted by Gasteiger charge is -2.21. The highest BCUT2D eigenvalue weighted by molar-refractivity contribution is 7.89. The van der Waals surface area contributed by atoms with E-state index in [4.69, 9.17) is 11.6 Å². The molecule has 1 aliphatic carbocycles. The zero-order valence-electron chi connectivity index (χ0n) is 17.1. The highest BCUT2D eigenvalue weighted by Crippen LogP contribution is 2.36. The summed E-state index contributed by atoms with van der Waals surface area (Å²) in [5.74, 6) is -1.93. The van der Waals surface area contributed by atoms with Crippen LogP contribution in [0.4, 0.5) is 19.3 Å². The van der Waals surface area contributed by atoms with Gasteiger partial charge < -0.3 is 10.4 Å². The number of sulfonamides is 1. The fraction of sp³-hybridized carbons (Fsp3) is 0.333. The number of carboxylic acid groups (broad SMARTS) is 1. The van der Waals surface area contributed by atoms with E-state index in [1.807, 2.05) is 0 Å². The van der Waals surface area contributed by atoms with Gasteiger partial charge in [-0.1, -0.05) is 29.8 Å². The van der Waals surface area contributed by atoms with E-state index in [0.717, 1.165) is 12.1 Å². The predicted octanol–water partition coefficient (Wildman–Crippen LogP) is 3.62. The molecule has 0 bridgehead atoms. The molecule has 2 atom stereocenters. The van der Waals surface area contributed by atoms with Crippen LogP contribution in [0.5, 0.6) is 0 Å². The molecule has 1 saturated heterocycles. The van der Waals surface area contributed by atoms with Gasteiger partial charge in [0.25, 0.3) is 0 Å². The standard InChI is InChI=1S/C21H20ClF2N3O5S/c22-16-4-2-1-3-14(16)15-8-13(33(31,32)26-12-5-6-12)9-17(19(15)24)25-20(28)18-7-11(23)10-27(18)21(29)30/h1-4,8-9,11-12,18,26H,5-7,10H2,(H,25,28)(H,29,30)/t11-,18+/m1/s1. The quantitative estimate of drug-likeness (QED) is 0.561. The summed E-state index contributed by atoms with van der Waals surface area (Å²) >= 11 is 6.19. The number of amides is 2. The molecule has 1 saturated carbocycles. The third-order valence-electron chi connectivity index (χ3n) is 5.48. The van der Waals surface area contributed by atoms with Crippen molar-refractivity contribution in [2.45, 2.75) is 42.4 Å². The number of hydrogen-bond acceptors (Lipinski definition) is 4. The first-order chi connectivity index (χ1) is 15.6. The minimum Gasteiger partial charge on any atom is -0.465 e. The van der Waals surface area contributed by atoms with Crippen LogP contribution in [0.1, 0.15) is 19.3 Å². The van der Waals surface area contributed by atoms with E-state index < -0.39 is 58.7 Å². The second kappa shape index (κ2) is 8.88. The normalized spacial score (nSPS) is 20.6. The van der Waals surface area contributed by atoms with Crippen LogP contribution in [0, 0.1) is 5.82 Å². The SMILES string of the molecule is O=C(Nc1cc(S(=O)(=O)NC2CC2)cc(-c2ccccc2Cl)c1F)[C@@H]1C[C@@H](F)CN1C(=O)O. The summed E-state index contributed by atoms with van der Waals surface area (Å²) in [5.41, 5.74) is -0.451. The minimum absolute atomic E-state index is 0.159. The van der Waals surface area contributed by atoms with Crippen LogP contribution in [-0.4, -0.2) is 55.2 Å². The first-order valence-electron chi connectivity index (χ1n) is 10.1. The number of likely N-dealkylation sites (tertiary alicyclic amines) is 1. The Bertz CT molecular complexity index is 1220. The van der Waals surface area contributed by atoms with Crippen molar-refractivity contribution in [3.63, 3.8) is 0 Å². The maximum atomic E-state index is 15.5. The molecule has 0 radical (unpaired) electrons. The molecule has 0 aromatic heterocycles. The molecule has 33 heavy (non-hydrogen) atoms. The molecule has 8 nitrogen and oxygen atoms in total. The molecule has 4 rings (SSSR count). The van der Waals surface area contributed by atoms with Crippen molar-refractivity contribution in [3.05, 3.63) is 47.2 Å². The minimum atomic E-state index is -4.04. The number of carbonyl (C=O) groups is 2. The summed E-state index contributed by atoms with van der Waals surface area (Å²) in [5, 5.41) is 11.6. The zero-order valence-corrected chi connectivity index (χ0v) is 18.7. The third-order valence-corrected chi connectivity index (χ3v) is 7.31. The van der Waals surface area contributed by atoms with Gasteiger partial charge in [-0.2, -0.15) is 0 Å². The Morgan fingerprint density at radius 2 is 1.85 bits per heavy atom. The highest BCUT2D eigenvalue weighted by Gasteiger charge is 2.40. The zero-order chi connectivity index (χ0) is 23.9. The number of halogens is 3. The predicted molar refractivity (Wildman–Crippen MR) is 117 cm³/mol. The van der Waals surface area contributed by atoms with Crippen LogP contribution < -0.4 is 10.0 Å². The summed E-state index contributed by atoms with van der Waals surface area (Å²) in [4.78, 5) is 24.4. The van der Waals surface area contributed by atoms with Gasteiger partial charge in [-0.15, -0.1) is 0 Å². The van der Waals surface area contributed by atoms with Crippen LogP contribution in [-0.2, 0) is 14.8 Å². The number of alkyl halides is 1. The van der Waals surface area contributed by atoms with Gasteiger partial charge in [0.05, 0.1) is 17.1 Å². The smallest absolute Gasteiger partial charge is 0.408 e. The molecule has 0 unspecified atom stereocenters. The molecule has 2 aromatic carbocycles. The first-order valence-corrected chi connectivity index (χ1v) is 12.0. The lowest BCUT2D eigenvalue weighted by molar-refractivity contribution is -0.120. The van der Waals surface area contributed by atoms with Crippen molar-refractivity contribution in [2.24, 2.45) is 0 Å². The third kappa shape index (κ3) is 4.94. The first kappa shape index (κ1) is 23.4. The molecule has 3 N–H and O–H groups in total. The summed E-state index contributed by atoms with van der Waals surface area (Å²) < 4.78 is 57.4. The Hall–Kier alpha value is -2.76. The Morgan fingerprint density at radius 1 is 1.15 bits per heavy atom. The van der Waals surface area contributed by atoms with Gasteiger partial charge in [-0.3, -0.25) is 9.69 Å². The topological polar surface area (TPSA) is 116 Å². The Kier molecular flexibility index (Phi) is 6.30. The van der Waals surface area contributed by atoms with Gasteiger partial charge in [0.2, 0.25) is 15.9 Å². The monoisotopic (exact) mass is 499 g/mol. The second-order valence-electron chi connectivity index (χ2n) is 7.98. The number of benzene rings is 2. The van der Waals surface area contributed by atoms with Gasteiger partial charge in [0.1, 0.15) is 12.2 Å². The Labute approximate surface area is 193 Å². The van der Waals surface area contributed by atoms with Gasteiger partial charge >= 0.3 is 6.09 Å². The van der Waals surface area contributed by atoms with Crippen LogP contribution >= 0.6 is 11.6 Å². The van der Waals surface area contributed by atoms with E-state index in [2.05, 4.69) is 10.0 Å². The number of nitrogens with one attached hydrogen (secondary N) is 2. The molecule has 2 fully saturated rings. The van der Waals surface area contributed by atoms with Crippen molar-refractivity contribution >= 4 is 39.3 Å². The average molecular weight is 500 g/mol. The molecule has 1 aliphatic heterocycles. The largest absolute Gasteiger partial charge is 0.465 e. The summed E-state index contributed by atoms with van der Waals surface area (Å²) in [6.45, 7) is -0.486. The molecular formula is C21H20ClF2N3O5S. The van der Waals surface area contributed by atoms with Gasteiger partial charge in [0.15, 0.2) is 5.82 Å². The lowest BCUT2D eigenvalue weighted by Crippen LogP contribution is -2.42. The maximum Gasteiger partial charge on any atom is 0.408 e. The Morgan fingerprint density at radius 3 is 2.48 bits per heavy atom. The second-order valence-corrected chi connectivity index (χ2v) is 10.1. The van der Waals surface area contributed by atoms with Crippen molar-refractivity contribution in [2.75, 3.05) is 11.9 Å². The number of carbonyl (C=O) groups excluding carboxylic acids is 1. The number of hydrogen-bond donors (Lipinski definition) is 3. The summed E-state index contributed by atoms with van der Waals surface area (Å²) in [7, 11) is -4.04. The average Bonchev–Trinajstić information content (AvgIpc) is 3.46. The van der Waals surface area contributed by atoms with Crippen molar-refractivity contribution < 1.29 is 31.9 Å². The van der Waals surface area contributed by atoms with E-state index >= 15 is 4.39 Å². The van der Waals surface area contributed by atoms with E-state index in [1.165, 1.54) is 12.1 Å². The molecule has 2 aliphatic rings. The van der Waals surface area contributed by atoms with Crippen molar-refractivity contribution in [3.8, 4) is 11.1 Å². The van der Waals surface area contributed by atoms with Gasteiger partial charge in [0, 0.05) is 28.6 Å². The lowest BCUT2D eigenvalue weighted by atomic mass is 10.0. The van der Waals surface area contributed by atoms with Gasteiger partial charge in [-0.05, 0) is 31.0 Å². The van der Waals surface area contributed by atoms with E-state index in [0.29, 0.717) is 17.7 Å². The molecular weight excluding hydrogens is 480 g/mol. The number of rotatable bonds is 6. The Balaban J connectivity index is 1.76. The van der Waals surface area contributed by atoms with Crippen LogP contribution in [0.3, 0.4) is 0 Å². The molecule has 2 aromatic rings. The maximum absolute atomic E-state index is 15.5. The van der Waals surface area contributed by atoms with Crippen LogP contribution in [0.25, 0.3) is 11.1 Å². The van der Waals surface area contributed by atoms with E-state index in [1.54, 1.807) is 12.1 Å². The summed E-state index contributed by atoms with van der Waals surface area (Å²) in [6.07, 6.45) is -2.07. The van der Waals surface area contributed by atoms with Crippen molar-refractivity contribution in [1.29, 1.82) is 0 Å². The molecule has 2 amide bonds. The van der Waals surface area contributed by atoms with Gasteiger partial charge in [-0.25, -0.2) is 26.7 Å². The van der Waals surface area contributed by atoms with Crippen molar-refractivity contribution in [1.82, 2.24) is 9.62 Å². The van der Waals surface area contributed by atoms with Crippen LogP contribution in [0.15, 0.2) is 41.3 Å². The van der Waals surface area contributed by atoms with E-state index in [9.17, 15) is 27.5 Å². The number of anilines is 1. The molecule has 176 valence electrons. The van der Waals surface area contributed by atoms with E-state index in [-0.39, 0.29) is 27.1 Å². The fourth-order valence-electron chi connectivity index (χ4n) is 3.67. The van der Waals surface area contributed by atoms with Crippen LogP contribution in [0.2, 0.25) is 5.02 Å². The molecule has 0 spiro atoms.